The number of nitrogens with one attached hydrogen (secondary N) is 1. The lowest BCUT2D eigenvalue weighted by molar-refractivity contribution is -0.122. The fourth-order valence-electron chi connectivity index (χ4n) is 3.47. The van der Waals surface area contributed by atoms with Crippen LogP contribution in [0.15, 0.2) is 83.8 Å². The molecule has 178 valence electrons. The average molecular weight is 491 g/mol. The Hall–Kier alpha value is -3.91. The molecule has 1 aliphatic heterocycles. The SMILES string of the molecule is O=C(COc1ccc(/C=C2/SC(=O)N(CCCc3ccccc3)C2=O)cc1)Nc1ccc(F)cc1. The van der Waals surface area contributed by atoms with E-state index in [2.05, 4.69) is 5.32 Å². The summed E-state index contributed by atoms with van der Waals surface area (Å²) < 4.78 is 18.4. The van der Waals surface area contributed by atoms with Crippen LogP contribution in [0.1, 0.15) is 17.5 Å². The topological polar surface area (TPSA) is 75.7 Å². The van der Waals surface area contributed by atoms with E-state index < -0.39 is 0 Å². The van der Waals surface area contributed by atoms with Crippen molar-refractivity contribution in [1.29, 1.82) is 0 Å². The quantitative estimate of drug-likeness (QED) is 0.400. The van der Waals surface area contributed by atoms with Crippen molar-refractivity contribution in [2.24, 2.45) is 0 Å². The predicted molar refractivity (Wildman–Crippen MR) is 134 cm³/mol. The largest absolute Gasteiger partial charge is 0.484 e. The van der Waals surface area contributed by atoms with Crippen LogP contribution in [0.4, 0.5) is 14.9 Å². The molecule has 0 radical (unpaired) electrons. The maximum absolute atomic E-state index is 12.9. The molecule has 0 bridgehead atoms. The van der Waals surface area contributed by atoms with Gasteiger partial charge in [-0.05, 0) is 78.2 Å². The zero-order valence-electron chi connectivity index (χ0n) is 18.8. The van der Waals surface area contributed by atoms with Crippen molar-refractivity contribution in [3.05, 3.63) is 101 Å². The monoisotopic (exact) mass is 490 g/mol. The van der Waals surface area contributed by atoms with Crippen molar-refractivity contribution in [2.75, 3.05) is 18.5 Å². The summed E-state index contributed by atoms with van der Waals surface area (Å²) in [6.07, 6.45) is 3.17. The Bertz CT molecular complexity index is 1230. The van der Waals surface area contributed by atoms with Gasteiger partial charge in [0.1, 0.15) is 11.6 Å². The van der Waals surface area contributed by atoms with Crippen LogP contribution in [0.5, 0.6) is 5.75 Å². The van der Waals surface area contributed by atoms with Crippen LogP contribution in [0, 0.1) is 5.82 Å². The van der Waals surface area contributed by atoms with E-state index in [1.807, 2.05) is 30.3 Å². The molecule has 3 amide bonds. The van der Waals surface area contributed by atoms with Gasteiger partial charge in [-0.3, -0.25) is 19.3 Å². The lowest BCUT2D eigenvalue weighted by Gasteiger charge is -2.12. The van der Waals surface area contributed by atoms with E-state index in [0.29, 0.717) is 29.3 Å². The van der Waals surface area contributed by atoms with E-state index in [1.54, 1.807) is 30.3 Å². The van der Waals surface area contributed by atoms with Gasteiger partial charge >= 0.3 is 0 Å². The number of amides is 3. The summed E-state index contributed by atoms with van der Waals surface area (Å²) in [5, 5.41) is 2.36. The first kappa shape index (κ1) is 24.2. The third kappa shape index (κ3) is 6.80. The number of rotatable bonds is 9. The molecular weight excluding hydrogens is 467 g/mol. The maximum Gasteiger partial charge on any atom is 0.293 e. The molecule has 0 aromatic heterocycles. The number of carbonyl (C=O) groups is 3. The first-order chi connectivity index (χ1) is 17.0. The number of carbonyl (C=O) groups excluding carboxylic acids is 3. The molecule has 1 aliphatic rings. The molecule has 0 aliphatic carbocycles. The molecule has 1 N–H and O–H groups in total. The van der Waals surface area contributed by atoms with Crippen molar-refractivity contribution in [3.63, 3.8) is 0 Å². The summed E-state index contributed by atoms with van der Waals surface area (Å²) in [5.74, 6) is -0.565. The van der Waals surface area contributed by atoms with Crippen LogP contribution in [-0.2, 0) is 16.0 Å². The van der Waals surface area contributed by atoms with E-state index in [4.69, 9.17) is 4.74 Å². The van der Waals surface area contributed by atoms with Gasteiger partial charge in [-0.15, -0.1) is 0 Å². The predicted octanol–water partition coefficient (Wildman–Crippen LogP) is 5.51. The summed E-state index contributed by atoms with van der Waals surface area (Å²) in [5.41, 5.74) is 2.39. The van der Waals surface area contributed by atoms with Crippen molar-refractivity contribution in [1.82, 2.24) is 4.90 Å². The van der Waals surface area contributed by atoms with E-state index in [0.717, 1.165) is 23.7 Å². The Labute approximate surface area is 206 Å². The van der Waals surface area contributed by atoms with Gasteiger partial charge in [0.25, 0.3) is 17.1 Å². The van der Waals surface area contributed by atoms with Crippen molar-refractivity contribution >= 4 is 40.6 Å². The zero-order valence-corrected chi connectivity index (χ0v) is 19.6. The number of halogens is 1. The Balaban J connectivity index is 1.27. The maximum atomic E-state index is 12.9. The lowest BCUT2D eigenvalue weighted by atomic mass is 10.1. The van der Waals surface area contributed by atoms with Gasteiger partial charge in [0.05, 0.1) is 4.91 Å². The smallest absolute Gasteiger partial charge is 0.293 e. The van der Waals surface area contributed by atoms with E-state index in [-0.39, 0.29) is 29.5 Å². The minimum atomic E-state index is -0.382. The number of hydrogen-bond acceptors (Lipinski definition) is 5. The lowest BCUT2D eigenvalue weighted by Crippen LogP contribution is -2.29. The van der Waals surface area contributed by atoms with E-state index in [9.17, 15) is 18.8 Å². The van der Waals surface area contributed by atoms with Crippen molar-refractivity contribution in [2.45, 2.75) is 12.8 Å². The zero-order chi connectivity index (χ0) is 24.6. The molecule has 3 aromatic carbocycles. The second-order valence-electron chi connectivity index (χ2n) is 7.84. The Morgan fingerprint density at radius 2 is 1.69 bits per heavy atom. The summed E-state index contributed by atoms with van der Waals surface area (Å²) in [7, 11) is 0. The first-order valence-electron chi connectivity index (χ1n) is 11.1. The fourth-order valence-corrected chi connectivity index (χ4v) is 4.33. The normalized spacial score (nSPS) is 14.4. The van der Waals surface area contributed by atoms with Gasteiger partial charge in [0.2, 0.25) is 0 Å². The summed E-state index contributed by atoms with van der Waals surface area (Å²) in [6.45, 7) is 0.169. The Morgan fingerprint density at radius 1 is 0.971 bits per heavy atom. The van der Waals surface area contributed by atoms with Crippen LogP contribution in [0.2, 0.25) is 0 Å². The number of thioether (sulfide) groups is 1. The number of aryl methyl sites for hydroxylation is 1. The molecule has 1 saturated heterocycles. The van der Waals surface area contributed by atoms with Gasteiger partial charge < -0.3 is 10.1 Å². The molecular formula is C27H23FN2O4S. The highest BCUT2D eigenvalue weighted by atomic mass is 32.2. The highest BCUT2D eigenvalue weighted by Gasteiger charge is 2.34. The number of benzene rings is 3. The van der Waals surface area contributed by atoms with Gasteiger partial charge in [-0.1, -0.05) is 42.5 Å². The van der Waals surface area contributed by atoms with Crippen LogP contribution < -0.4 is 10.1 Å². The Kier molecular flexibility index (Phi) is 7.95. The van der Waals surface area contributed by atoms with Crippen LogP contribution in [0.25, 0.3) is 6.08 Å². The third-order valence-corrected chi connectivity index (χ3v) is 6.15. The van der Waals surface area contributed by atoms with Gasteiger partial charge in [0, 0.05) is 12.2 Å². The molecule has 0 unspecified atom stereocenters. The van der Waals surface area contributed by atoms with E-state index in [1.165, 1.54) is 34.7 Å². The number of ether oxygens (including phenoxy) is 1. The molecule has 0 spiro atoms. The van der Waals surface area contributed by atoms with E-state index >= 15 is 0 Å². The second-order valence-corrected chi connectivity index (χ2v) is 8.83. The molecule has 4 rings (SSSR count). The van der Waals surface area contributed by atoms with Crippen molar-refractivity contribution in [3.8, 4) is 5.75 Å². The summed E-state index contributed by atoms with van der Waals surface area (Å²) >= 11 is 0.934. The fraction of sp³-hybridized carbons (Fsp3) is 0.148. The Morgan fingerprint density at radius 3 is 2.40 bits per heavy atom. The molecule has 35 heavy (non-hydrogen) atoms. The molecule has 0 atom stereocenters. The van der Waals surface area contributed by atoms with Crippen LogP contribution in [-0.4, -0.2) is 35.1 Å². The second kappa shape index (κ2) is 11.5. The number of nitrogens with zero attached hydrogens (tertiary/aromatic N) is 1. The summed E-state index contributed by atoms with van der Waals surface area (Å²) in [6, 6.07) is 22.3. The first-order valence-corrected chi connectivity index (χ1v) is 11.9. The van der Waals surface area contributed by atoms with Gasteiger partial charge in [-0.25, -0.2) is 4.39 Å². The molecule has 3 aromatic rings. The molecule has 8 heteroatoms. The molecule has 1 heterocycles. The minimum Gasteiger partial charge on any atom is -0.484 e. The van der Waals surface area contributed by atoms with Crippen LogP contribution in [0.3, 0.4) is 0 Å². The van der Waals surface area contributed by atoms with Crippen LogP contribution >= 0.6 is 11.8 Å². The standard InChI is InChI=1S/C27H23FN2O4S/c28-21-10-12-22(13-11-21)29-25(31)18-34-23-14-8-20(9-15-23)17-24-26(32)30(27(33)35-24)16-4-7-19-5-2-1-3-6-19/h1-3,5-6,8-15,17H,4,7,16,18H2,(H,29,31)/b24-17+. The molecule has 1 fully saturated rings. The summed E-state index contributed by atoms with van der Waals surface area (Å²) in [4.78, 5) is 38.7. The highest BCUT2D eigenvalue weighted by molar-refractivity contribution is 8.18. The van der Waals surface area contributed by atoms with Gasteiger partial charge in [-0.2, -0.15) is 0 Å². The molecule has 6 nitrogen and oxygen atoms in total. The highest BCUT2D eigenvalue weighted by Crippen LogP contribution is 2.32. The average Bonchev–Trinajstić information content (AvgIpc) is 3.13. The minimum absolute atomic E-state index is 0.210. The number of anilines is 1. The van der Waals surface area contributed by atoms with Crippen molar-refractivity contribution < 1.29 is 23.5 Å². The van der Waals surface area contributed by atoms with Gasteiger partial charge in [0.15, 0.2) is 6.61 Å². The number of hydrogen-bond donors (Lipinski definition) is 1. The third-order valence-electron chi connectivity index (χ3n) is 5.24. The number of imide groups is 1. The molecule has 0 saturated carbocycles.